The topological polar surface area (TPSA) is 75.9 Å². The number of aromatic nitrogens is 2. The van der Waals surface area contributed by atoms with Crippen molar-refractivity contribution in [2.24, 2.45) is 0 Å². The molecule has 0 radical (unpaired) electrons. The average molecular weight is 293 g/mol. The van der Waals surface area contributed by atoms with Crippen molar-refractivity contribution in [2.45, 2.75) is 17.9 Å². The molecule has 0 aliphatic rings. The van der Waals surface area contributed by atoms with Gasteiger partial charge < -0.3 is 4.74 Å². The first-order chi connectivity index (χ1) is 9.31. The third-order valence-electron chi connectivity index (χ3n) is 2.25. The zero-order valence-electron chi connectivity index (χ0n) is 10.0. The number of thiophene rings is 1. The minimum absolute atomic E-state index is 0.217. The van der Waals surface area contributed by atoms with Gasteiger partial charge in [-0.1, -0.05) is 11.8 Å². The molecule has 7 heteroatoms. The quantitative estimate of drug-likeness (QED) is 0.353. The van der Waals surface area contributed by atoms with Gasteiger partial charge in [0.1, 0.15) is 16.2 Å². The Morgan fingerprint density at radius 2 is 2.42 bits per heavy atom. The zero-order chi connectivity index (χ0) is 13.5. The van der Waals surface area contributed by atoms with E-state index < -0.39 is 0 Å². The molecular weight excluding hydrogens is 282 g/mol. The Hall–Kier alpha value is -1.65. The van der Waals surface area contributed by atoms with Crippen LogP contribution in [0.15, 0.2) is 22.8 Å². The van der Waals surface area contributed by atoms with E-state index in [2.05, 4.69) is 9.97 Å². The molecule has 2 aromatic heterocycles. The van der Waals surface area contributed by atoms with Gasteiger partial charge in [-0.3, -0.25) is 4.79 Å². The van der Waals surface area contributed by atoms with E-state index in [-0.39, 0.29) is 11.7 Å². The van der Waals surface area contributed by atoms with Crippen LogP contribution in [0.5, 0.6) is 0 Å². The monoisotopic (exact) mass is 293 g/mol. The Labute approximate surface area is 118 Å². The number of nitriles is 1. The Morgan fingerprint density at radius 1 is 1.53 bits per heavy atom. The van der Waals surface area contributed by atoms with Gasteiger partial charge in [0.25, 0.3) is 0 Å². The molecule has 0 atom stereocenters. The summed E-state index contributed by atoms with van der Waals surface area (Å²) in [5.74, 6) is -0.0703. The lowest BCUT2D eigenvalue weighted by Gasteiger charge is -2.03. The minimum atomic E-state index is -0.287. The van der Waals surface area contributed by atoms with Gasteiger partial charge in [0.15, 0.2) is 0 Å². The number of hydrogen-bond donors (Lipinski definition) is 0. The van der Waals surface area contributed by atoms with Crippen LogP contribution in [-0.2, 0) is 9.53 Å². The van der Waals surface area contributed by atoms with Crippen LogP contribution in [0.1, 0.15) is 12.8 Å². The van der Waals surface area contributed by atoms with Gasteiger partial charge in [0.2, 0.25) is 0 Å². The van der Waals surface area contributed by atoms with E-state index in [4.69, 9.17) is 10.00 Å². The molecule has 0 saturated carbocycles. The number of carbonyl (C=O) groups is 1. The summed E-state index contributed by atoms with van der Waals surface area (Å²) in [5, 5.41) is 12.1. The molecule has 0 unspecified atom stereocenters. The lowest BCUT2D eigenvalue weighted by atomic mass is 10.3. The van der Waals surface area contributed by atoms with E-state index >= 15 is 0 Å². The highest BCUT2D eigenvalue weighted by molar-refractivity contribution is 8.00. The second-order valence-electron chi connectivity index (χ2n) is 3.59. The highest BCUT2D eigenvalue weighted by atomic mass is 32.2. The van der Waals surface area contributed by atoms with Crippen LogP contribution >= 0.6 is 23.1 Å². The van der Waals surface area contributed by atoms with Crippen molar-refractivity contribution in [3.05, 3.63) is 17.8 Å². The second kappa shape index (κ2) is 7.07. The molecule has 0 aromatic carbocycles. The van der Waals surface area contributed by atoms with E-state index in [1.165, 1.54) is 18.1 Å². The standard InChI is InChI=1S/C12H11N3O2S2/c13-4-1-2-5-17-10(16)7-19-12-9-3-6-18-11(9)14-8-15-12/h3,6,8H,1-2,5,7H2. The van der Waals surface area contributed by atoms with Gasteiger partial charge in [-0.25, -0.2) is 9.97 Å². The number of fused-ring (bicyclic) bond motifs is 1. The smallest absolute Gasteiger partial charge is 0.316 e. The van der Waals surface area contributed by atoms with Gasteiger partial charge >= 0.3 is 5.97 Å². The molecule has 0 amide bonds. The summed E-state index contributed by atoms with van der Waals surface area (Å²) in [7, 11) is 0. The van der Waals surface area contributed by atoms with Gasteiger partial charge in [0, 0.05) is 11.8 Å². The first kappa shape index (κ1) is 13.8. The third-order valence-corrected chi connectivity index (χ3v) is 4.05. The molecule has 2 heterocycles. The maximum absolute atomic E-state index is 11.5. The molecule has 2 rings (SSSR count). The summed E-state index contributed by atoms with van der Waals surface area (Å²) >= 11 is 2.89. The fourth-order valence-corrected chi connectivity index (χ4v) is 2.97. The summed E-state index contributed by atoms with van der Waals surface area (Å²) < 4.78 is 5.01. The Bertz CT molecular complexity index is 606. The highest BCUT2D eigenvalue weighted by Crippen LogP contribution is 2.27. The van der Waals surface area contributed by atoms with Crippen molar-refractivity contribution in [1.82, 2.24) is 9.97 Å². The van der Waals surface area contributed by atoms with Crippen LogP contribution in [0.2, 0.25) is 0 Å². The highest BCUT2D eigenvalue weighted by Gasteiger charge is 2.09. The summed E-state index contributed by atoms with van der Waals surface area (Å²) in [6.07, 6.45) is 2.48. The van der Waals surface area contributed by atoms with Gasteiger partial charge in [-0.2, -0.15) is 5.26 Å². The number of ether oxygens (including phenoxy) is 1. The normalized spacial score (nSPS) is 10.3. The van der Waals surface area contributed by atoms with Crippen LogP contribution in [0.25, 0.3) is 10.2 Å². The van der Waals surface area contributed by atoms with Crippen LogP contribution < -0.4 is 0 Å². The molecule has 0 saturated heterocycles. The number of nitrogens with zero attached hydrogens (tertiary/aromatic N) is 3. The molecular formula is C12H11N3O2S2. The third kappa shape index (κ3) is 3.91. The molecule has 5 nitrogen and oxygen atoms in total. The molecule has 0 aliphatic heterocycles. The van der Waals surface area contributed by atoms with E-state index in [0.29, 0.717) is 19.4 Å². The van der Waals surface area contributed by atoms with Crippen LogP contribution in [0, 0.1) is 11.3 Å². The first-order valence-corrected chi connectivity index (χ1v) is 7.51. The molecule has 0 N–H and O–H groups in total. The predicted molar refractivity (Wildman–Crippen MR) is 73.9 cm³/mol. The van der Waals surface area contributed by atoms with Crippen molar-refractivity contribution >= 4 is 39.3 Å². The maximum atomic E-state index is 11.5. The largest absolute Gasteiger partial charge is 0.465 e. The van der Waals surface area contributed by atoms with Gasteiger partial charge in [-0.15, -0.1) is 11.3 Å². The fraction of sp³-hybridized carbons (Fsp3) is 0.333. The van der Waals surface area contributed by atoms with Crippen LogP contribution in [0.4, 0.5) is 0 Å². The molecule has 98 valence electrons. The molecule has 0 fully saturated rings. The Kier molecular flexibility index (Phi) is 5.12. The lowest BCUT2D eigenvalue weighted by molar-refractivity contribution is -0.140. The van der Waals surface area contributed by atoms with Crippen molar-refractivity contribution in [2.75, 3.05) is 12.4 Å². The second-order valence-corrected chi connectivity index (χ2v) is 5.45. The number of thioether (sulfide) groups is 1. The molecule has 0 aliphatic carbocycles. The SMILES string of the molecule is N#CCCCOC(=O)CSc1ncnc2sccc12. The van der Waals surface area contributed by atoms with E-state index in [0.717, 1.165) is 15.2 Å². The molecule has 2 aromatic rings. The fourth-order valence-electron chi connectivity index (χ4n) is 1.39. The predicted octanol–water partition coefficient (Wildman–Crippen LogP) is 2.63. The maximum Gasteiger partial charge on any atom is 0.316 e. The molecule has 0 bridgehead atoms. The van der Waals surface area contributed by atoms with Crippen molar-refractivity contribution in [3.63, 3.8) is 0 Å². The summed E-state index contributed by atoms with van der Waals surface area (Å²) in [4.78, 5) is 20.7. The molecule has 0 spiro atoms. The summed E-state index contributed by atoms with van der Waals surface area (Å²) in [6, 6.07) is 3.95. The number of rotatable bonds is 6. The van der Waals surface area contributed by atoms with E-state index in [1.54, 1.807) is 11.3 Å². The average Bonchev–Trinajstić information content (AvgIpc) is 2.90. The number of carbonyl (C=O) groups excluding carboxylic acids is 1. The Balaban J connectivity index is 1.83. The van der Waals surface area contributed by atoms with Crippen molar-refractivity contribution < 1.29 is 9.53 Å². The molecule has 19 heavy (non-hydrogen) atoms. The Morgan fingerprint density at radius 3 is 3.26 bits per heavy atom. The number of esters is 1. The van der Waals surface area contributed by atoms with E-state index in [1.807, 2.05) is 17.5 Å². The minimum Gasteiger partial charge on any atom is -0.465 e. The van der Waals surface area contributed by atoms with Gasteiger partial charge in [-0.05, 0) is 17.9 Å². The summed E-state index contributed by atoms with van der Waals surface area (Å²) in [6.45, 7) is 0.296. The van der Waals surface area contributed by atoms with Crippen molar-refractivity contribution in [1.29, 1.82) is 5.26 Å². The van der Waals surface area contributed by atoms with Crippen LogP contribution in [-0.4, -0.2) is 28.3 Å². The first-order valence-electron chi connectivity index (χ1n) is 5.65. The van der Waals surface area contributed by atoms with Gasteiger partial charge in [0.05, 0.1) is 18.4 Å². The number of hydrogen-bond acceptors (Lipinski definition) is 7. The van der Waals surface area contributed by atoms with Crippen LogP contribution in [0.3, 0.4) is 0 Å². The number of unbranched alkanes of at least 4 members (excludes halogenated alkanes) is 1. The lowest BCUT2D eigenvalue weighted by Crippen LogP contribution is -2.08. The van der Waals surface area contributed by atoms with Crippen molar-refractivity contribution in [3.8, 4) is 6.07 Å². The zero-order valence-corrected chi connectivity index (χ0v) is 11.7. The van der Waals surface area contributed by atoms with E-state index in [9.17, 15) is 4.79 Å². The summed E-state index contributed by atoms with van der Waals surface area (Å²) in [5.41, 5.74) is 0.